The van der Waals surface area contributed by atoms with Crippen molar-refractivity contribution in [3.63, 3.8) is 0 Å². The van der Waals surface area contributed by atoms with E-state index in [-0.39, 0.29) is 11.4 Å². The summed E-state index contributed by atoms with van der Waals surface area (Å²) in [6.07, 6.45) is 1.66. The lowest BCUT2D eigenvalue weighted by Crippen LogP contribution is -2.24. The lowest BCUT2D eigenvalue weighted by molar-refractivity contribution is -0.384. The maximum atomic E-state index is 10.8. The highest BCUT2D eigenvalue weighted by Crippen LogP contribution is 2.23. The number of nitrogens with one attached hydrogen (secondary N) is 2. The number of benzene rings is 1. The topological polar surface area (TPSA) is 127 Å². The largest absolute Gasteiger partial charge is 0.397 e. The molecule has 0 fully saturated rings. The number of rotatable bonds is 7. The first-order valence-corrected chi connectivity index (χ1v) is 7.41. The summed E-state index contributed by atoms with van der Waals surface area (Å²) in [5.74, 6) is 0. The number of nitro benzene ring substituents is 1. The minimum absolute atomic E-state index is 0.0678. The predicted octanol–water partition coefficient (Wildman–Crippen LogP) is 0.528. The van der Waals surface area contributed by atoms with Crippen LogP contribution in [0.3, 0.4) is 0 Å². The average molecular weight is 288 g/mol. The Kier molecular flexibility index (Phi) is 5.07. The molecule has 0 aliphatic heterocycles. The molecule has 0 aliphatic carbocycles. The van der Waals surface area contributed by atoms with Gasteiger partial charge < -0.3 is 11.1 Å². The molecule has 19 heavy (non-hydrogen) atoms. The molecule has 1 aromatic rings. The van der Waals surface area contributed by atoms with Crippen LogP contribution in [0.1, 0.15) is 6.42 Å². The van der Waals surface area contributed by atoms with Gasteiger partial charge in [-0.1, -0.05) is 0 Å². The van der Waals surface area contributed by atoms with Crippen LogP contribution in [0.15, 0.2) is 18.2 Å². The zero-order valence-electron chi connectivity index (χ0n) is 10.4. The second kappa shape index (κ2) is 6.34. The molecule has 0 spiro atoms. The maximum absolute atomic E-state index is 10.8. The monoisotopic (exact) mass is 288 g/mol. The number of anilines is 2. The third kappa shape index (κ3) is 5.53. The quantitative estimate of drug-likeness (QED) is 0.290. The van der Waals surface area contributed by atoms with Gasteiger partial charge in [0.2, 0.25) is 10.0 Å². The number of non-ortho nitro benzene ring substituents is 1. The van der Waals surface area contributed by atoms with Crippen molar-refractivity contribution in [2.75, 3.05) is 30.4 Å². The lowest BCUT2D eigenvalue weighted by atomic mass is 10.2. The summed E-state index contributed by atoms with van der Waals surface area (Å²) < 4.78 is 24.0. The van der Waals surface area contributed by atoms with Crippen molar-refractivity contribution in [1.29, 1.82) is 0 Å². The molecule has 4 N–H and O–H groups in total. The molecule has 1 rings (SSSR count). The summed E-state index contributed by atoms with van der Waals surface area (Å²) in [7, 11) is -3.17. The fraction of sp³-hybridized carbons (Fsp3) is 0.400. The Morgan fingerprint density at radius 1 is 1.37 bits per heavy atom. The first kappa shape index (κ1) is 15.2. The molecule has 0 bridgehead atoms. The molecule has 0 amide bonds. The first-order chi connectivity index (χ1) is 8.79. The van der Waals surface area contributed by atoms with Gasteiger partial charge in [0.1, 0.15) is 0 Å². The third-order valence-electron chi connectivity index (χ3n) is 2.28. The van der Waals surface area contributed by atoms with Gasteiger partial charge in [-0.05, 0) is 12.5 Å². The van der Waals surface area contributed by atoms with Gasteiger partial charge in [-0.3, -0.25) is 10.1 Å². The molecule has 0 atom stereocenters. The predicted molar refractivity (Wildman–Crippen MR) is 73.5 cm³/mol. The van der Waals surface area contributed by atoms with E-state index in [1.165, 1.54) is 18.2 Å². The molecular weight excluding hydrogens is 272 g/mol. The van der Waals surface area contributed by atoms with Crippen molar-refractivity contribution in [3.05, 3.63) is 28.3 Å². The lowest BCUT2D eigenvalue weighted by Gasteiger charge is -2.09. The Balaban J connectivity index is 2.44. The molecule has 1 aromatic carbocycles. The number of hydrogen-bond donors (Lipinski definition) is 3. The number of nitrogens with zero attached hydrogens (tertiary/aromatic N) is 1. The Hall–Kier alpha value is -1.87. The van der Waals surface area contributed by atoms with E-state index in [1.807, 2.05) is 0 Å². The highest BCUT2D eigenvalue weighted by Gasteiger charge is 2.08. The third-order valence-corrected chi connectivity index (χ3v) is 3.01. The van der Waals surface area contributed by atoms with Gasteiger partial charge in [-0.25, -0.2) is 13.1 Å². The first-order valence-electron chi connectivity index (χ1n) is 5.52. The van der Waals surface area contributed by atoms with Crippen molar-refractivity contribution in [2.24, 2.45) is 0 Å². The minimum atomic E-state index is -3.17. The van der Waals surface area contributed by atoms with E-state index in [0.717, 1.165) is 6.26 Å². The normalized spacial score (nSPS) is 11.2. The second-order valence-electron chi connectivity index (χ2n) is 3.98. The Bertz CT molecular complexity index is 559. The van der Waals surface area contributed by atoms with E-state index in [4.69, 9.17) is 5.73 Å². The zero-order valence-corrected chi connectivity index (χ0v) is 11.2. The van der Waals surface area contributed by atoms with Crippen LogP contribution in [0.2, 0.25) is 0 Å². The maximum Gasteiger partial charge on any atom is 0.271 e. The summed E-state index contributed by atoms with van der Waals surface area (Å²) in [5, 5.41) is 13.5. The van der Waals surface area contributed by atoms with Gasteiger partial charge in [0.05, 0.1) is 22.6 Å². The Labute approximate surface area is 111 Å². The fourth-order valence-electron chi connectivity index (χ4n) is 1.39. The van der Waals surface area contributed by atoms with E-state index in [9.17, 15) is 18.5 Å². The van der Waals surface area contributed by atoms with Gasteiger partial charge in [-0.15, -0.1) is 0 Å². The van der Waals surface area contributed by atoms with Crippen molar-refractivity contribution in [2.45, 2.75) is 6.42 Å². The summed E-state index contributed by atoms with van der Waals surface area (Å²) in [5.41, 5.74) is 6.47. The van der Waals surface area contributed by atoms with Crippen LogP contribution in [0.5, 0.6) is 0 Å². The number of nitrogens with two attached hydrogens (primary N) is 1. The van der Waals surface area contributed by atoms with Crippen LogP contribution < -0.4 is 15.8 Å². The molecular formula is C10H16N4O4S. The summed E-state index contributed by atoms with van der Waals surface area (Å²) in [6, 6.07) is 4.15. The molecule has 106 valence electrons. The Morgan fingerprint density at radius 2 is 2.05 bits per heavy atom. The SMILES string of the molecule is CS(=O)(=O)NCCCNc1ccc([N+](=O)[O-])cc1N. The van der Waals surface area contributed by atoms with Crippen molar-refractivity contribution in [1.82, 2.24) is 4.72 Å². The minimum Gasteiger partial charge on any atom is -0.397 e. The van der Waals surface area contributed by atoms with Gasteiger partial charge in [0.25, 0.3) is 5.69 Å². The number of hydrogen-bond acceptors (Lipinski definition) is 6. The molecule has 9 heteroatoms. The zero-order chi connectivity index (χ0) is 14.5. The fourth-order valence-corrected chi connectivity index (χ4v) is 1.91. The van der Waals surface area contributed by atoms with Gasteiger partial charge in [0.15, 0.2) is 0 Å². The van der Waals surface area contributed by atoms with E-state index >= 15 is 0 Å². The second-order valence-corrected chi connectivity index (χ2v) is 5.81. The van der Waals surface area contributed by atoms with E-state index < -0.39 is 14.9 Å². The van der Waals surface area contributed by atoms with Crippen LogP contribution in [0.25, 0.3) is 0 Å². The van der Waals surface area contributed by atoms with Crippen molar-refractivity contribution >= 4 is 27.1 Å². The summed E-state index contributed by atoms with van der Waals surface area (Å²) >= 11 is 0. The van der Waals surface area contributed by atoms with Gasteiger partial charge in [-0.2, -0.15) is 0 Å². The van der Waals surface area contributed by atoms with Crippen molar-refractivity contribution < 1.29 is 13.3 Å². The van der Waals surface area contributed by atoms with Gasteiger partial charge >= 0.3 is 0 Å². The smallest absolute Gasteiger partial charge is 0.271 e. The highest BCUT2D eigenvalue weighted by atomic mass is 32.2. The van der Waals surface area contributed by atoms with E-state index in [2.05, 4.69) is 10.0 Å². The van der Waals surface area contributed by atoms with Crippen LogP contribution in [-0.2, 0) is 10.0 Å². The standard InChI is InChI=1S/C10H16N4O4S/c1-19(17,18)13-6-2-5-12-10-4-3-8(14(15)16)7-9(10)11/h3-4,7,12-13H,2,5-6,11H2,1H3. The van der Waals surface area contributed by atoms with Crippen LogP contribution >= 0.6 is 0 Å². The van der Waals surface area contributed by atoms with E-state index in [1.54, 1.807) is 0 Å². The van der Waals surface area contributed by atoms with Crippen LogP contribution in [-0.4, -0.2) is 32.7 Å². The molecule has 0 saturated heterocycles. The molecule has 0 heterocycles. The molecule has 8 nitrogen and oxygen atoms in total. The molecule has 0 unspecified atom stereocenters. The molecule has 0 saturated carbocycles. The van der Waals surface area contributed by atoms with Crippen LogP contribution in [0, 0.1) is 10.1 Å². The average Bonchev–Trinajstić information content (AvgIpc) is 2.28. The number of nitrogen functional groups attached to an aromatic ring is 1. The Morgan fingerprint density at radius 3 is 2.58 bits per heavy atom. The van der Waals surface area contributed by atoms with E-state index in [0.29, 0.717) is 25.2 Å². The number of sulfonamides is 1. The highest BCUT2D eigenvalue weighted by molar-refractivity contribution is 7.88. The molecule has 0 radical (unpaired) electrons. The van der Waals surface area contributed by atoms with Crippen LogP contribution in [0.4, 0.5) is 17.1 Å². The number of nitro groups is 1. The summed E-state index contributed by atoms with van der Waals surface area (Å²) in [4.78, 5) is 10.0. The molecule has 0 aromatic heterocycles. The summed E-state index contributed by atoms with van der Waals surface area (Å²) in [6.45, 7) is 0.823. The molecule has 0 aliphatic rings. The van der Waals surface area contributed by atoms with Gasteiger partial charge in [0, 0.05) is 25.2 Å². The van der Waals surface area contributed by atoms with Crippen molar-refractivity contribution in [3.8, 4) is 0 Å².